The second-order valence-corrected chi connectivity index (χ2v) is 5.06. The second kappa shape index (κ2) is 4.96. The largest absolute Gasteiger partial charge is 0.397 e. The first-order valence-corrected chi connectivity index (χ1v) is 6.34. The fraction of sp³-hybridized carbons (Fsp3) is 0.0833. The lowest BCUT2D eigenvalue weighted by Gasteiger charge is -2.08. The molecule has 0 aliphatic heterocycles. The summed E-state index contributed by atoms with van der Waals surface area (Å²) in [5.41, 5.74) is 6.83. The van der Waals surface area contributed by atoms with E-state index in [2.05, 4.69) is 5.32 Å². The number of carbonyl (C=O) groups excluding carboxylic acids is 1. The third-order valence-corrected chi connectivity index (χ3v) is 3.64. The molecule has 18 heavy (non-hydrogen) atoms. The van der Waals surface area contributed by atoms with Crippen molar-refractivity contribution in [3.63, 3.8) is 0 Å². The SMILES string of the molecule is Cc1cc(NC(=O)c2sccc2N)c(Cl)cc1F. The molecule has 0 saturated heterocycles. The van der Waals surface area contributed by atoms with Gasteiger partial charge in [-0.15, -0.1) is 11.3 Å². The highest BCUT2D eigenvalue weighted by Gasteiger charge is 2.14. The number of halogens is 2. The summed E-state index contributed by atoms with van der Waals surface area (Å²) >= 11 is 7.10. The molecule has 1 heterocycles. The Morgan fingerprint density at radius 3 is 2.83 bits per heavy atom. The summed E-state index contributed by atoms with van der Waals surface area (Å²) in [6, 6.07) is 4.31. The van der Waals surface area contributed by atoms with Crippen molar-refractivity contribution in [2.75, 3.05) is 11.1 Å². The number of aryl methyl sites for hydroxylation is 1. The minimum Gasteiger partial charge on any atom is -0.397 e. The number of hydrogen-bond donors (Lipinski definition) is 2. The summed E-state index contributed by atoms with van der Waals surface area (Å²) < 4.78 is 13.2. The van der Waals surface area contributed by atoms with Crippen LogP contribution >= 0.6 is 22.9 Å². The van der Waals surface area contributed by atoms with E-state index in [0.717, 1.165) is 0 Å². The average Bonchev–Trinajstić information content (AvgIpc) is 2.72. The molecule has 0 spiro atoms. The molecular weight excluding hydrogens is 275 g/mol. The lowest BCUT2D eigenvalue weighted by Crippen LogP contribution is -2.12. The van der Waals surface area contributed by atoms with E-state index in [1.807, 2.05) is 0 Å². The van der Waals surface area contributed by atoms with Crippen molar-refractivity contribution in [1.29, 1.82) is 0 Å². The number of rotatable bonds is 2. The van der Waals surface area contributed by atoms with Gasteiger partial charge >= 0.3 is 0 Å². The van der Waals surface area contributed by atoms with Crippen LogP contribution in [-0.2, 0) is 0 Å². The van der Waals surface area contributed by atoms with Crippen LogP contribution in [0.25, 0.3) is 0 Å². The van der Waals surface area contributed by atoms with Crippen LogP contribution in [0.1, 0.15) is 15.2 Å². The number of nitrogens with two attached hydrogens (primary N) is 1. The lowest BCUT2D eigenvalue weighted by molar-refractivity contribution is 0.103. The van der Waals surface area contributed by atoms with Gasteiger partial charge in [0.2, 0.25) is 0 Å². The Morgan fingerprint density at radius 1 is 1.50 bits per heavy atom. The fourth-order valence-corrected chi connectivity index (χ4v) is 2.35. The Hall–Kier alpha value is -1.59. The molecule has 0 fully saturated rings. The number of anilines is 2. The van der Waals surface area contributed by atoms with E-state index < -0.39 is 5.82 Å². The Labute approximate surface area is 112 Å². The first-order valence-electron chi connectivity index (χ1n) is 5.09. The summed E-state index contributed by atoms with van der Waals surface area (Å²) in [7, 11) is 0. The first kappa shape index (κ1) is 12.9. The van der Waals surface area contributed by atoms with Crippen LogP contribution in [0.5, 0.6) is 0 Å². The third-order valence-electron chi connectivity index (χ3n) is 2.40. The zero-order valence-corrected chi connectivity index (χ0v) is 11.0. The van der Waals surface area contributed by atoms with Gasteiger partial charge in [-0.05, 0) is 36.1 Å². The molecule has 0 saturated carbocycles. The molecule has 6 heteroatoms. The number of hydrogen-bond acceptors (Lipinski definition) is 3. The Morgan fingerprint density at radius 2 is 2.22 bits per heavy atom. The minimum atomic E-state index is -0.409. The lowest BCUT2D eigenvalue weighted by atomic mass is 10.2. The summed E-state index contributed by atoms with van der Waals surface area (Å²) in [6.07, 6.45) is 0. The quantitative estimate of drug-likeness (QED) is 0.884. The van der Waals surface area contributed by atoms with Gasteiger partial charge in [-0.1, -0.05) is 11.6 Å². The Kier molecular flexibility index (Phi) is 3.54. The molecule has 0 unspecified atom stereocenters. The van der Waals surface area contributed by atoms with Gasteiger partial charge in [0.25, 0.3) is 5.91 Å². The van der Waals surface area contributed by atoms with E-state index in [9.17, 15) is 9.18 Å². The third kappa shape index (κ3) is 2.47. The maximum atomic E-state index is 13.2. The maximum Gasteiger partial charge on any atom is 0.267 e. The van der Waals surface area contributed by atoms with Crippen molar-refractivity contribution < 1.29 is 9.18 Å². The highest BCUT2D eigenvalue weighted by atomic mass is 35.5. The Bertz CT molecular complexity index is 612. The van der Waals surface area contributed by atoms with E-state index >= 15 is 0 Å². The van der Waals surface area contributed by atoms with Crippen LogP contribution in [0.2, 0.25) is 5.02 Å². The number of nitrogen functional groups attached to an aromatic ring is 1. The standard InChI is InChI=1S/C12H10ClFN2OS/c1-6-4-10(7(13)5-8(6)14)16-12(17)11-9(15)2-3-18-11/h2-5H,15H2,1H3,(H,16,17). The number of benzene rings is 1. The number of amides is 1. The first-order chi connectivity index (χ1) is 8.49. The molecule has 94 valence electrons. The van der Waals surface area contributed by atoms with Gasteiger partial charge in [0, 0.05) is 0 Å². The normalized spacial score (nSPS) is 10.4. The molecule has 0 radical (unpaired) electrons. The van der Waals surface area contributed by atoms with Crippen LogP contribution < -0.4 is 11.1 Å². The molecule has 0 atom stereocenters. The predicted molar refractivity (Wildman–Crippen MR) is 72.8 cm³/mol. The molecule has 3 N–H and O–H groups in total. The average molecular weight is 285 g/mol. The molecule has 3 nitrogen and oxygen atoms in total. The fourth-order valence-electron chi connectivity index (χ4n) is 1.44. The van der Waals surface area contributed by atoms with Crippen molar-refractivity contribution in [2.24, 2.45) is 0 Å². The molecule has 1 amide bonds. The van der Waals surface area contributed by atoms with Crippen molar-refractivity contribution in [3.05, 3.63) is 44.9 Å². The van der Waals surface area contributed by atoms with Crippen LogP contribution in [0.3, 0.4) is 0 Å². The molecule has 0 aliphatic rings. The monoisotopic (exact) mass is 284 g/mol. The molecule has 0 bridgehead atoms. The molecule has 1 aromatic carbocycles. The summed E-state index contributed by atoms with van der Waals surface area (Å²) in [5.74, 6) is -0.760. The van der Waals surface area contributed by atoms with E-state index in [0.29, 0.717) is 21.8 Å². The van der Waals surface area contributed by atoms with Crippen molar-refractivity contribution >= 4 is 40.2 Å². The van der Waals surface area contributed by atoms with Crippen LogP contribution in [0.15, 0.2) is 23.6 Å². The predicted octanol–water partition coefficient (Wildman–Crippen LogP) is 3.68. The molecule has 1 aromatic heterocycles. The minimum absolute atomic E-state index is 0.154. The molecule has 0 aliphatic carbocycles. The summed E-state index contributed by atoms with van der Waals surface area (Å²) in [5, 5.41) is 4.49. The van der Waals surface area contributed by atoms with Crippen molar-refractivity contribution in [2.45, 2.75) is 6.92 Å². The zero-order valence-electron chi connectivity index (χ0n) is 9.46. The van der Waals surface area contributed by atoms with E-state index in [4.69, 9.17) is 17.3 Å². The summed E-state index contributed by atoms with van der Waals surface area (Å²) in [4.78, 5) is 12.3. The van der Waals surface area contributed by atoms with Gasteiger partial charge in [-0.3, -0.25) is 4.79 Å². The van der Waals surface area contributed by atoms with E-state index in [1.54, 1.807) is 18.4 Å². The van der Waals surface area contributed by atoms with Crippen molar-refractivity contribution in [3.8, 4) is 0 Å². The van der Waals surface area contributed by atoms with Gasteiger partial charge < -0.3 is 11.1 Å². The van der Waals surface area contributed by atoms with Crippen LogP contribution in [-0.4, -0.2) is 5.91 Å². The maximum absolute atomic E-state index is 13.2. The number of nitrogens with one attached hydrogen (secondary N) is 1. The zero-order chi connectivity index (χ0) is 13.3. The van der Waals surface area contributed by atoms with E-state index in [1.165, 1.54) is 23.5 Å². The molecule has 2 aromatic rings. The van der Waals surface area contributed by atoms with Gasteiger partial charge in [0.1, 0.15) is 10.7 Å². The van der Waals surface area contributed by atoms with Crippen LogP contribution in [0, 0.1) is 12.7 Å². The van der Waals surface area contributed by atoms with Gasteiger partial charge in [-0.25, -0.2) is 4.39 Å². The van der Waals surface area contributed by atoms with Gasteiger partial charge in [0.05, 0.1) is 16.4 Å². The van der Waals surface area contributed by atoms with Gasteiger partial charge in [0.15, 0.2) is 0 Å². The number of thiophene rings is 1. The smallest absolute Gasteiger partial charge is 0.267 e. The Balaban J connectivity index is 2.28. The second-order valence-electron chi connectivity index (χ2n) is 3.74. The van der Waals surface area contributed by atoms with Crippen LogP contribution in [0.4, 0.5) is 15.8 Å². The van der Waals surface area contributed by atoms with Gasteiger partial charge in [-0.2, -0.15) is 0 Å². The molecule has 2 rings (SSSR count). The van der Waals surface area contributed by atoms with Crippen molar-refractivity contribution in [1.82, 2.24) is 0 Å². The highest BCUT2D eigenvalue weighted by molar-refractivity contribution is 7.12. The molecular formula is C12H10ClFN2OS. The van der Waals surface area contributed by atoms with E-state index in [-0.39, 0.29) is 10.9 Å². The number of carbonyl (C=O) groups is 1. The topological polar surface area (TPSA) is 55.1 Å². The highest BCUT2D eigenvalue weighted by Crippen LogP contribution is 2.27. The summed E-state index contributed by atoms with van der Waals surface area (Å²) in [6.45, 7) is 1.60.